The van der Waals surface area contributed by atoms with Crippen molar-refractivity contribution in [3.05, 3.63) is 35.9 Å². The Balaban J connectivity index is 1.36. The lowest BCUT2D eigenvalue weighted by Gasteiger charge is -2.40. The van der Waals surface area contributed by atoms with Crippen LogP contribution in [0.1, 0.15) is 18.4 Å². The summed E-state index contributed by atoms with van der Waals surface area (Å²) in [6, 6.07) is 6.74. The third-order valence-electron chi connectivity index (χ3n) is 13.1. The minimum atomic E-state index is -1.84. The minimum absolute atomic E-state index is 0.271. The zero-order chi connectivity index (χ0) is 55.8. The van der Waals surface area contributed by atoms with Crippen molar-refractivity contribution in [1.82, 2.24) is 15.1 Å². The van der Waals surface area contributed by atoms with E-state index in [0.29, 0.717) is 5.56 Å². The average molecular weight is 1100 g/mol. The second-order valence-electron chi connectivity index (χ2n) is 18.3. The van der Waals surface area contributed by atoms with Crippen LogP contribution in [0.2, 0.25) is 0 Å². The number of carbonyl (C=O) groups excluding carboxylic acids is 3. The summed E-state index contributed by atoms with van der Waals surface area (Å²) in [5.74, 6) is -1.71. The average Bonchev–Trinajstić information content (AvgIpc) is 3.42. The number of amides is 3. The van der Waals surface area contributed by atoms with Crippen molar-refractivity contribution >= 4 is 17.9 Å². The van der Waals surface area contributed by atoms with Gasteiger partial charge in [0.1, 0.15) is 110 Å². The van der Waals surface area contributed by atoms with Crippen LogP contribution in [0.5, 0.6) is 0 Å². The Morgan fingerprint density at radius 1 is 0.474 bits per heavy atom. The molecule has 4 aliphatic rings. The lowest BCUT2D eigenvalue weighted by Crippen LogP contribution is -2.59. The molecule has 5 unspecified atom stereocenters. The van der Waals surface area contributed by atoms with E-state index in [-0.39, 0.29) is 19.7 Å². The number of hydrogen-bond donors (Lipinski definition) is 17. The lowest BCUT2D eigenvalue weighted by molar-refractivity contribution is -0.303. The third-order valence-corrected chi connectivity index (χ3v) is 13.1. The highest BCUT2D eigenvalue weighted by Crippen LogP contribution is 2.26. The van der Waals surface area contributed by atoms with Crippen molar-refractivity contribution in [2.24, 2.45) is 0 Å². The molecule has 31 heteroatoms. The van der Waals surface area contributed by atoms with Crippen LogP contribution in [0, 0.1) is 0 Å². The standard InChI is InChI=1S/C45H73N3O28/c49-16-23-28(54)32(58)36(62)41(73-23)68-12-8-47(9-13-69-42-37(63)33(59)29(55)24(17-50)74-42)27(53)7-6-22(46-45(67)72-20-21-4-2-1-3-5-21)40(66)48(10-14-70-43-38(64)34(60)30(56)25(18-51)75-43)11-15-71-44-39(65)35(61)31(57)26(19-52)76-44/h1-5,22-26,28-39,41-44,49-52,54-65H,6-20H2,(H,46,67)/t22-,23+,24?,25+,26+,28+,29?,30+,31+,32-,33?,34-,35-,36-,37?,38-,39-,41-,42?,43-,44-/m0/s1. The first-order valence-corrected chi connectivity index (χ1v) is 24.5. The Morgan fingerprint density at radius 2 is 0.803 bits per heavy atom. The van der Waals surface area contributed by atoms with E-state index in [0.717, 1.165) is 9.80 Å². The van der Waals surface area contributed by atoms with Gasteiger partial charge in [0.25, 0.3) is 0 Å². The van der Waals surface area contributed by atoms with Gasteiger partial charge in [-0.1, -0.05) is 30.3 Å². The smallest absolute Gasteiger partial charge is 0.408 e. The third kappa shape index (κ3) is 16.8. The fourth-order valence-corrected chi connectivity index (χ4v) is 8.44. The molecule has 31 nitrogen and oxygen atoms in total. The highest BCUT2D eigenvalue weighted by atomic mass is 16.7. The van der Waals surface area contributed by atoms with Crippen molar-refractivity contribution in [3.8, 4) is 0 Å². The monoisotopic (exact) mass is 1100 g/mol. The molecule has 76 heavy (non-hydrogen) atoms. The van der Waals surface area contributed by atoms with Gasteiger partial charge in [-0.25, -0.2) is 4.79 Å². The Morgan fingerprint density at radius 3 is 1.13 bits per heavy atom. The molecule has 0 aromatic heterocycles. The first-order valence-electron chi connectivity index (χ1n) is 24.5. The molecule has 4 saturated heterocycles. The van der Waals surface area contributed by atoms with Crippen molar-refractivity contribution in [2.45, 2.75) is 148 Å². The van der Waals surface area contributed by atoms with Crippen LogP contribution in [0.15, 0.2) is 30.3 Å². The molecular weight excluding hydrogens is 1030 g/mol. The Bertz CT molecular complexity index is 1790. The van der Waals surface area contributed by atoms with Gasteiger partial charge in [-0.05, 0) is 12.0 Å². The maximum absolute atomic E-state index is 14.7. The van der Waals surface area contributed by atoms with Crippen molar-refractivity contribution < 1.29 is 139 Å². The highest BCUT2D eigenvalue weighted by molar-refractivity contribution is 5.86. The number of alkyl carbamates (subject to hydrolysis) is 1. The number of benzene rings is 1. The molecule has 436 valence electrons. The molecule has 21 atom stereocenters. The summed E-state index contributed by atoms with van der Waals surface area (Å²) in [7, 11) is 0. The summed E-state index contributed by atoms with van der Waals surface area (Å²) in [6.45, 7) is -6.98. The number of nitrogens with zero attached hydrogens (tertiary/aromatic N) is 2. The molecule has 0 aliphatic carbocycles. The molecule has 0 bridgehead atoms. The predicted molar refractivity (Wildman–Crippen MR) is 245 cm³/mol. The van der Waals surface area contributed by atoms with Crippen LogP contribution in [-0.2, 0) is 58.8 Å². The molecular formula is C45H73N3O28. The van der Waals surface area contributed by atoms with Crippen LogP contribution in [0.25, 0.3) is 0 Å². The van der Waals surface area contributed by atoms with E-state index in [9.17, 15) is 96.1 Å². The van der Waals surface area contributed by atoms with E-state index >= 15 is 0 Å². The van der Waals surface area contributed by atoms with E-state index in [4.69, 9.17) is 42.6 Å². The van der Waals surface area contributed by atoms with Crippen molar-refractivity contribution in [2.75, 3.05) is 79.0 Å². The molecule has 4 heterocycles. The maximum atomic E-state index is 14.7. The molecule has 4 aliphatic heterocycles. The van der Waals surface area contributed by atoms with Gasteiger partial charge in [0, 0.05) is 32.6 Å². The summed E-state index contributed by atoms with van der Waals surface area (Å²) < 4.78 is 49.4. The Hall–Kier alpha value is -3.53. The van der Waals surface area contributed by atoms with Crippen LogP contribution in [0.4, 0.5) is 4.79 Å². The molecule has 4 fully saturated rings. The van der Waals surface area contributed by atoms with Gasteiger partial charge in [-0.15, -0.1) is 0 Å². The fraction of sp³-hybridized carbons (Fsp3) is 0.800. The number of carbonyl (C=O) groups is 3. The molecule has 1 aromatic rings. The summed E-state index contributed by atoms with van der Waals surface area (Å²) in [4.78, 5) is 44.5. The van der Waals surface area contributed by atoms with Gasteiger partial charge in [0.05, 0.1) is 52.9 Å². The SMILES string of the molecule is O=C(N[C@@H](CCC(=O)N(CCOC1OC(CO)C(O)C(O)C1O)CCO[C@H]1O[C@H](CO)[C@@H](O)[C@H](O)[C@@H]1O)C(=O)N(CCO[C@H]1O[C@H](CO)[C@@H](O)[C@H](O)[C@@H]1O)CCO[C@H]1O[C@H](CO)[C@@H](O)[C@H](O)[C@@H]1O)OCc1ccccc1. The molecule has 1 aromatic carbocycles. The fourth-order valence-electron chi connectivity index (χ4n) is 8.44. The van der Waals surface area contributed by atoms with E-state index in [1.54, 1.807) is 30.3 Å². The maximum Gasteiger partial charge on any atom is 0.408 e. The summed E-state index contributed by atoms with van der Waals surface area (Å²) in [5, 5.41) is 165. The molecule has 5 rings (SSSR count). The van der Waals surface area contributed by atoms with Gasteiger partial charge in [0.15, 0.2) is 25.2 Å². The van der Waals surface area contributed by atoms with E-state index in [2.05, 4.69) is 5.32 Å². The second kappa shape index (κ2) is 30.7. The van der Waals surface area contributed by atoms with Crippen LogP contribution in [-0.4, -0.2) is 317 Å². The van der Waals surface area contributed by atoms with Crippen molar-refractivity contribution in [1.29, 1.82) is 0 Å². The molecule has 17 N–H and O–H groups in total. The predicted octanol–water partition coefficient (Wildman–Crippen LogP) is -10.0. The number of nitrogens with one attached hydrogen (secondary N) is 1. The number of rotatable bonds is 27. The summed E-state index contributed by atoms with van der Waals surface area (Å²) in [6.07, 6.45) is -35.6. The lowest BCUT2D eigenvalue weighted by atomic mass is 9.99. The van der Waals surface area contributed by atoms with Crippen LogP contribution < -0.4 is 5.32 Å². The number of aliphatic hydroxyl groups excluding tert-OH is 16. The second-order valence-corrected chi connectivity index (χ2v) is 18.3. The Labute approximate surface area is 434 Å². The zero-order valence-electron chi connectivity index (χ0n) is 41.1. The number of hydrogen-bond acceptors (Lipinski definition) is 28. The molecule has 3 amide bonds. The van der Waals surface area contributed by atoms with Crippen molar-refractivity contribution in [3.63, 3.8) is 0 Å². The zero-order valence-corrected chi connectivity index (χ0v) is 41.1. The minimum Gasteiger partial charge on any atom is -0.445 e. The van der Waals surface area contributed by atoms with E-state index in [1.165, 1.54) is 0 Å². The van der Waals surface area contributed by atoms with E-state index < -0.39 is 226 Å². The molecule has 0 spiro atoms. The van der Waals surface area contributed by atoms with Crippen LogP contribution in [0.3, 0.4) is 0 Å². The first-order chi connectivity index (χ1) is 36.3. The largest absolute Gasteiger partial charge is 0.445 e. The molecule has 0 radical (unpaired) electrons. The number of aliphatic hydroxyl groups is 16. The Kier molecular flexibility index (Phi) is 25.6. The van der Waals surface area contributed by atoms with Gasteiger partial charge >= 0.3 is 6.09 Å². The highest BCUT2D eigenvalue weighted by Gasteiger charge is 2.48. The van der Waals surface area contributed by atoms with Gasteiger partial charge in [0.2, 0.25) is 11.8 Å². The topological polar surface area (TPSA) is 476 Å². The van der Waals surface area contributed by atoms with E-state index in [1.807, 2.05) is 0 Å². The summed E-state index contributed by atoms with van der Waals surface area (Å²) >= 11 is 0. The van der Waals surface area contributed by atoms with Gasteiger partial charge in [-0.3, -0.25) is 9.59 Å². The first kappa shape index (κ1) is 63.3. The van der Waals surface area contributed by atoms with Crippen LogP contribution >= 0.6 is 0 Å². The summed E-state index contributed by atoms with van der Waals surface area (Å²) in [5.41, 5.74) is 0.556. The normalized spacial score (nSPS) is 36.3. The molecule has 0 saturated carbocycles. The van der Waals surface area contributed by atoms with Gasteiger partial charge < -0.3 is 139 Å². The van der Waals surface area contributed by atoms with Gasteiger partial charge in [-0.2, -0.15) is 0 Å². The quantitative estimate of drug-likeness (QED) is 0.0389. The number of ether oxygens (including phenoxy) is 9.